The second-order valence-corrected chi connectivity index (χ2v) is 3.17. The minimum absolute atomic E-state index is 0.0927. The lowest BCUT2D eigenvalue weighted by atomic mass is 9.96. The molecule has 2 rings (SSSR count). The Morgan fingerprint density at radius 2 is 2.29 bits per heavy atom. The minimum Gasteiger partial charge on any atom is -0.496 e. The number of nitrogens with one attached hydrogen (secondary N) is 1. The van der Waals surface area contributed by atoms with E-state index in [4.69, 9.17) is 4.74 Å². The summed E-state index contributed by atoms with van der Waals surface area (Å²) in [6.45, 7) is 4.41. The second kappa shape index (κ2) is 3.18. The fourth-order valence-corrected chi connectivity index (χ4v) is 1.60. The van der Waals surface area contributed by atoms with Crippen molar-refractivity contribution in [3.05, 3.63) is 35.9 Å². The Kier molecular flexibility index (Phi) is 2.00. The smallest absolute Gasteiger partial charge is 0.255 e. The summed E-state index contributed by atoms with van der Waals surface area (Å²) in [7, 11) is 1.56. The van der Waals surface area contributed by atoms with Crippen LogP contribution in [0.2, 0.25) is 0 Å². The average molecular weight is 189 g/mol. The molecule has 1 amide bonds. The first-order chi connectivity index (χ1) is 6.74. The molecule has 1 heterocycles. The van der Waals surface area contributed by atoms with Crippen LogP contribution in [0.5, 0.6) is 5.75 Å². The molecule has 0 spiro atoms. The molecular formula is C11H11NO2. The van der Waals surface area contributed by atoms with Gasteiger partial charge in [0, 0.05) is 6.54 Å². The first-order valence-electron chi connectivity index (χ1n) is 4.37. The molecule has 0 atom stereocenters. The Labute approximate surface area is 82.4 Å². The van der Waals surface area contributed by atoms with Crippen LogP contribution in [0, 0.1) is 0 Å². The molecule has 3 heteroatoms. The molecule has 0 unspecified atom stereocenters. The summed E-state index contributed by atoms with van der Waals surface area (Å²) in [6.07, 6.45) is 0. The molecule has 0 fully saturated rings. The van der Waals surface area contributed by atoms with Gasteiger partial charge in [0.05, 0.1) is 12.7 Å². The quantitative estimate of drug-likeness (QED) is 0.726. The van der Waals surface area contributed by atoms with Crippen LogP contribution >= 0.6 is 0 Å². The number of ether oxygens (including phenoxy) is 1. The highest BCUT2D eigenvalue weighted by molar-refractivity contribution is 6.04. The summed E-state index contributed by atoms with van der Waals surface area (Å²) < 4.78 is 5.13. The van der Waals surface area contributed by atoms with Crippen molar-refractivity contribution in [3.63, 3.8) is 0 Å². The third-order valence-corrected chi connectivity index (χ3v) is 2.32. The van der Waals surface area contributed by atoms with Crippen LogP contribution < -0.4 is 10.1 Å². The van der Waals surface area contributed by atoms with Gasteiger partial charge in [-0.15, -0.1) is 0 Å². The highest BCUT2D eigenvalue weighted by atomic mass is 16.5. The van der Waals surface area contributed by atoms with Gasteiger partial charge in [0.1, 0.15) is 5.75 Å². The third kappa shape index (κ3) is 1.18. The highest BCUT2D eigenvalue weighted by Gasteiger charge is 2.22. The SMILES string of the molecule is C=C1CNC(=O)c2c(OC)cccc21. The van der Waals surface area contributed by atoms with Crippen molar-refractivity contribution in [2.24, 2.45) is 0 Å². The highest BCUT2D eigenvalue weighted by Crippen LogP contribution is 2.28. The summed E-state index contributed by atoms with van der Waals surface area (Å²) in [6, 6.07) is 5.53. The van der Waals surface area contributed by atoms with E-state index < -0.39 is 0 Å². The van der Waals surface area contributed by atoms with Gasteiger partial charge in [-0.2, -0.15) is 0 Å². The van der Waals surface area contributed by atoms with Crippen molar-refractivity contribution < 1.29 is 9.53 Å². The Morgan fingerprint density at radius 1 is 1.50 bits per heavy atom. The maximum Gasteiger partial charge on any atom is 0.255 e. The van der Waals surface area contributed by atoms with Gasteiger partial charge < -0.3 is 10.1 Å². The van der Waals surface area contributed by atoms with Crippen LogP contribution in [-0.2, 0) is 0 Å². The Balaban J connectivity index is 2.66. The van der Waals surface area contributed by atoms with Gasteiger partial charge in [-0.05, 0) is 17.2 Å². The number of rotatable bonds is 1. The number of carbonyl (C=O) groups is 1. The zero-order chi connectivity index (χ0) is 10.1. The molecule has 1 aliphatic heterocycles. The van der Waals surface area contributed by atoms with Crippen molar-refractivity contribution in [2.75, 3.05) is 13.7 Å². The van der Waals surface area contributed by atoms with E-state index in [1.807, 2.05) is 12.1 Å². The number of methoxy groups -OCH3 is 1. The lowest BCUT2D eigenvalue weighted by molar-refractivity contribution is 0.0952. The summed E-state index contributed by atoms with van der Waals surface area (Å²) in [5.41, 5.74) is 2.39. The summed E-state index contributed by atoms with van der Waals surface area (Å²) >= 11 is 0. The van der Waals surface area contributed by atoms with Gasteiger partial charge in [0.25, 0.3) is 5.91 Å². The Bertz CT molecular complexity index is 410. The maximum atomic E-state index is 11.6. The van der Waals surface area contributed by atoms with Crippen molar-refractivity contribution in [2.45, 2.75) is 0 Å². The van der Waals surface area contributed by atoms with Gasteiger partial charge in [-0.25, -0.2) is 0 Å². The normalized spacial score (nSPS) is 14.6. The molecule has 72 valence electrons. The van der Waals surface area contributed by atoms with Gasteiger partial charge in [0.2, 0.25) is 0 Å². The van der Waals surface area contributed by atoms with E-state index in [1.54, 1.807) is 13.2 Å². The van der Waals surface area contributed by atoms with E-state index in [0.717, 1.165) is 11.1 Å². The molecule has 1 aromatic rings. The van der Waals surface area contributed by atoms with Gasteiger partial charge in [-0.1, -0.05) is 18.7 Å². The van der Waals surface area contributed by atoms with Crippen LogP contribution in [0.15, 0.2) is 24.8 Å². The third-order valence-electron chi connectivity index (χ3n) is 2.32. The molecule has 0 aromatic heterocycles. The molecule has 0 saturated carbocycles. The molecule has 0 bridgehead atoms. The molecule has 1 aliphatic rings. The predicted octanol–water partition coefficient (Wildman–Crippen LogP) is 1.45. The average Bonchev–Trinajstić information content (AvgIpc) is 2.23. The standard InChI is InChI=1S/C11H11NO2/c1-7-6-12-11(13)10-8(7)4-3-5-9(10)14-2/h3-5H,1,6H2,2H3,(H,12,13). The van der Waals surface area contributed by atoms with Crippen LogP contribution in [0.4, 0.5) is 0 Å². The minimum atomic E-state index is -0.0927. The molecule has 3 nitrogen and oxygen atoms in total. The topological polar surface area (TPSA) is 38.3 Å². The van der Waals surface area contributed by atoms with E-state index >= 15 is 0 Å². The lowest BCUT2D eigenvalue weighted by Gasteiger charge is -2.20. The van der Waals surface area contributed by atoms with Crippen LogP contribution in [-0.4, -0.2) is 19.6 Å². The number of amides is 1. The zero-order valence-electron chi connectivity index (χ0n) is 7.96. The van der Waals surface area contributed by atoms with Gasteiger partial charge >= 0.3 is 0 Å². The molecule has 0 saturated heterocycles. The van der Waals surface area contributed by atoms with Crippen molar-refractivity contribution >= 4 is 11.5 Å². The van der Waals surface area contributed by atoms with E-state index in [-0.39, 0.29) is 5.91 Å². The maximum absolute atomic E-state index is 11.6. The van der Waals surface area contributed by atoms with Crippen LogP contribution in [0.25, 0.3) is 5.57 Å². The van der Waals surface area contributed by atoms with Gasteiger partial charge in [0.15, 0.2) is 0 Å². The van der Waals surface area contributed by atoms with Crippen molar-refractivity contribution in [3.8, 4) is 5.75 Å². The molecule has 14 heavy (non-hydrogen) atoms. The zero-order valence-corrected chi connectivity index (χ0v) is 7.96. The van der Waals surface area contributed by atoms with Crippen molar-refractivity contribution in [1.29, 1.82) is 0 Å². The van der Waals surface area contributed by atoms with E-state index in [1.165, 1.54) is 0 Å². The molecule has 1 N–H and O–H groups in total. The molecular weight excluding hydrogens is 178 g/mol. The van der Waals surface area contributed by atoms with E-state index in [0.29, 0.717) is 17.9 Å². The molecule has 0 radical (unpaired) electrons. The lowest BCUT2D eigenvalue weighted by Crippen LogP contribution is -2.31. The largest absolute Gasteiger partial charge is 0.496 e. The van der Waals surface area contributed by atoms with E-state index in [9.17, 15) is 4.79 Å². The number of carbonyl (C=O) groups excluding carboxylic acids is 1. The summed E-state index contributed by atoms with van der Waals surface area (Å²) in [5.74, 6) is 0.505. The Hall–Kier alpha value is -1.77. The number of benzene rings is 1. The van der Waals surface area contributed by atoms with Crippen LogP contribution in [0.1, 0.15) is 15.9 Å². The number of hydrogen-bond donors (Lipinski definition) is 1. The summed E-state index contributed by atoms with van der Waals surface area (Å²) in [4.78, 5) is 11.6. The monoisotopic (exact) mass is 189 g/mol. The summed E-state index contributed by atoms with van der Waals surface area (Å²) in [5, 5.41) is 2.74. The first kappa shape index (κ1) is 8.81. The fraction of sp³-hybridized carbons (Fsp3) is 0.182. The Morgan fingerprint density at radius 3 is 3.00 bits per heavy atom. The first-order valence-corrected chi connectivity index (χ1v) is 4.37. The fourth-order valence-electron chi connectivity index (χ4n) is 1.60. The van der Waals surface area contributed by atoms with Crippen molar-refractivity contribution in [1.82, 2.24) is 5.32 Å². The van der Waals surface area contributed by atoms with Gasteiger partial charge in [-0.3, -0.25) is 4.79 Å². The number of fused-ring (bicyclic) bond motifs is 1. The molecule has 0 aliphatic carbocycles. The number of hydrogen-bond acceptors (Lipinski definition) is 2. The molecule has 1 aromatic carbocycles. The predicted molar refractivity (Wildman–Crippen MR) is 54.4 cm³/mol. The van der Waals surface area contributed by atoms with Crippen LogP contribution in [0.3, 0.4) is 0 Å². The second-order valence-electron chi connectivity index (χ2n) is 3.17. The van der Waals surface area contributed by atoms with E-state index in [2.05, 4.69) is 11.9 Å².